The molecule has 0 bridgehead atoms. The summed E-state index contributed by atoms with van der Waals surface area (Å²) in [5, 5.41) is 3.42. The Balaban J connectivity index is 1.96. The lowest BCUT2D eigenvalue weighted by Gasteiger charge is -2.27. The lowest BCUT2D eigenvalue weighted by Crippen LogP contribution is -2.43. The molecule has 1 N–H and O–H groups in total. The first kappa shape index (κ1) is 17.3. The van der Waals surface area contributed by atoms with Gasteiger partial charge in [-0.15, -0.1) is 0 Å². The number of ether oxygens (including phenoxy) is 1. The summed E-state index contributed by atoms with van der Waals surface area (Å²) in [6, 6.07) is 2.23. The fraction of sp³-hybridized carbons (Fsp3) is 0.684. The molecule has 1 saturated heterocycles. The van der Waals surface area contributed by atoms with Crippen LogP contribution in [0.1, 0.15) is 42.0 Å². The zero-order chi connectivity index (χ0) is 15.9. The monoisotopic (exact) mass is 304 g/mol. The van der Waals surface area contributed by atoms with Crippen molar-refractivity contribution in [3.8, 4) is 5.75 Å². The minimum atomic E-state index is 0.808. The van der Waals surface area contributed by atoms with Gasteiger partial charge in [0.05, 0.1) is 6.61 Å². The quantitative estimate of drug-likeness (QED) is 0.837. The maximum Gasteiger partial charge on any atom is 0.122 e. The van der Waals surface area contributed by atoms with E-state index < -0.39 is 0 Å². The van der Waals surface area contributed by atoms with Gasteiger partial charge in [-0.1, -0.05) is 6.92 Å². The molecular formula is C19H32N2O. The molecule has 0 spiro atoms. The summed E-state index contributed by atoms with van der Waals surface area (Å²) < 4.78 is 5.89. The highest BCUT2D eigenvalue weighted by Gasteiger charge is 2.13. The molecule has 3 nitrogen and oxygen atoms in total. The van der Waals surface area contributed by atoms with Crippen LogP contribution in [-0.2, 0) is 6.42 Å². The number of hydrogen-bond donors (Lipinski definition) is 1. The van der Waals surface area contributed by atoms with E-state index in [0.717, 1.165) is 31.9 Å². The van der Waals surface area contributed by atoms with Gasteiger partial charge in [-0.3, -0.25) is 0 Å². The van der Waals surface area contributed by atoms with E-state index in [1.807, 2.05) is 0 Å². The normalized spacial score (nSPS) is 16.0. The molecule has 0 saturated carbocycles. The molecule has 0 radical (unpaired) electrons. The van der Waals surface area contributed by atoms with Gasteiger partial charge in [-0.05, 0) is 74.9 Å². The third-order valence-electron chi connectivity index (χ3n) is 4.78. The maximum atomic E-state index is 5.89. The Morgan fingerprint density at radius 1 is 1.14 bits per heavy atom. The van der Waals surface area contributed by atoms with Crippen LogP contribution in [0.15, 0.2) is 6.07 Å². The Morgan fingerprint density at radius 3 is 2.55 bits per heavy atom. The Hall–Kier alpha value is -1.06. The second kappa shape index (κ2) is 8.54. The molecule has 1 aromatic carbocycles. The summed E-state index contributed by atoms with van der Waals surface area (Å²) in [6.45, 7) is 15.5. The summed E-state index contributed by atoms with van der Waals surface area (Å²) in [4.78, 5) is 2.58. The van der Waals surface area contributed by atoms with E-state index in [1.54, 1.807) is 0 Å². The van der Waals surface area contributed by atoms with Gasteiger partial charge in [-0.25, -0.2) is 0 Å². The third-order valence-corrected chi connectivity index (χ3v) is 4.78. The Labute approximate surface area is 136 Å². The number of nitrogens with zero attached hydrogens (tertiary/aromatic N) is 1. The molecular weight excluding hydrogens is 272 g/mol. The zero-order valence-corrected chi connectivity index (χ0v) is 14.8. The van der Waals surface area contributed by atoms with Crippen LogP contribution in [0.5, 0.6) is 5.75 Å². The van der Waals surface area contributed by atoms with Gasteiger partial charge in [-0.2, -0.15) is 0 Å². The van der Waals surface area contributed by atoms with Crippen LogP contribution in [0.2, 0.25) is 0 Å². The van der Waals surface area contributed by atoms with Crippen molar-refractivity contribution in [3.63, 3.8) is 0 Å². The predicted octanol–water partition coefficient (Wildman–Crippen LogP) is 3.24. The summed E-state index contributed by atoms with van der Waals surface area (Å²) in [5.41, 5.74) is 5.65. The standard InChI is InChI=1S/C19H32N2O/c1-5-13-22-19-14-15(2)18(16(3)17(19)4)7-6-10-21-11-8-20-9-12-21/h14,20H,5-13H2,1-4H3. The van der Waals surface area contributed by atoms with Crippen LogP contribution in [0, 0.1) is 20.8 Å². The van der Waals surface area contributed by atoms with E-state index in [1.165, 1.54) is 54.7 Å². The van der Waals surface area contributed by atoms with Crippen LogP contribution < -0.4 is 10.1 Å². The van der Waals surface area contributed by atoms with Crippen molar-refractivity contribution in [3.05, 3.63) is 28.3 Å². The molecule has 0 aromatic heterocycles. The Kier molecular flexibility index (Phi) is 6.71. The molecule has 1 aromatic rings. The van der Waals surface area contributed by atoms with Crippen LogP contribution in [-0.4, -0.2) is 44.2 Å². The smallest absolute Gasteiger partial charge is 0.122 e. The molecule has 1 heterocycles. The average Bonchev–Trinajstić information content (AvgIpc) is 2.54. The number of benzene rings is 1. The van der Waals surface area contributed by atoms with Crippen molar-refractivity contribution >= 4 is 0 Å². The largest absolute Gasteiger partial charge is 0.493 e. The topological polar surface area (TPSA) is 24.5 Å². The van der Waals surface area contributed by atoms with Crippen LogP contribution in [0.25, 0.3) is 0 Å². The first-order valence-corrected chi connectivity index (χ1v) is 8.79. The predicted molar refractivity (Wildman–Crippen MR) is 94.1 cm³/mol. The Morgan fingerprint density at radius 2 is 1.86 bits per heavy atom. The number of aryl methyl sites for hydroxylation is 1. The molecule has 0 amide bonds. The number of piperazine rings is 1. The molecule has 22 heavy (non-hydrogen) atoms. The lowest BCUT2D eigenvalue weighted by atomic mass is 9.94. The van der Waals surface area contributed by atoms with Gasteiger partial charge in [0.25, 0.3) is 0 Å². The van der Waals surface area contributed by atoms with E-state index >= 15 is 0 Å². The minimum absolute atomic E-state index is 0.808. The second-order valence-electron chi connectivity index (χ2n) is 6.46. The van der Waals surface area contributed by atoms with Gasteiger partial charge in [0.1, 0.15) is 5.75 Å². The molecule has 1 aliphatic rings. The van der Waals surface area contributed by atoms with Gasteiger partial charge < -0.3 is 15.0 Å². The molecule has 0 atom stereocenters. The van der Waals surface area contributed by atoms with E-state index in [2.05, 4.69) is 44.0 Å². The van der Waals surface area contributed by atoms with E-state index in [-0.39, 0.29) is 0 Å². The highest BCUT2D eigenvalue weighted by atomic mass is 16.5. The van der Waals surface area contributed by atoms with Crippen molar-refractivity contribution in [1.82, 2.24) is 10.2 Å². The minimum Gasteiger partial charge on any atom is -0.493 e. The van der Waals surface area contributed by atoms with Crippen LogP contribution >= 0.6 is 0 Å². The molecule has 3 heteroatoms. The zero-order valence-electron chi connectivity index (χ0n) is 14.8. The molecule has 1 fully saturated rings. The van der Waals surface area contributed by atoms with Crippen molar-refractivity contribution in [2.24, 2.45) is 0 Å². The highest BCUT2D eigenvalue weighted by Crippen LogP contribution is 2.28. The van der Waals surface area contributed by atoms with Gasteiger partial charge in [0.15, 0.2) is 0 Å². The first-order chi connectivity index (χ1) is 10.6. The number of rotatable bonds is 7. The molecule has 124 valence electrons. The molecule has 2 rings (SSSR count). The van der Waals surface area contributed by atoms with Crippen molar-refractivity contribution in [2.75, 3.05) is 39.3 Å². The fourth-order valence-electron chi connectivity index (χ4n) is 3.26. The van der Waals surface area contributed by atoms with Crippen molar-refractivity contribution in [2.45, 2.75) is 47.0 Å². The molecule has 1 aliphatic heterocycles. The van der Waals surface area contributed by atoms with Crippen LogP contribution in [0.4, 0.5) is 0 Å². The average molecular weight is 304 g/mol. The fourth-order valence-corrected chi connectivity index (χ4v) is 3.26. The SMILES string of the molecule is CCCOc1cc(C)c(CCCN2CCNCC2)c(C)c1C. The Bertz CT molecular complexity index is 479. The van der Waals surface area contributed by atoms with Crippen LogP contribution in [0.3, 0.4) is 0 Å². The van der Waals surface area contributed by atoms with Gasteiger partial charge in [0.2, 0.25) is 0 Å². The van der Waals surface area contributed by atoms with Crippen molar-refractivity contribution in [1.29, 1.82) is 0 Å². The summed E-state index contributed by atoms with van der Waals surface area (Å²) in [7, 11) is 0. The first-order valence-electron chi connectivity index (χ1n) is 8.79. The van der Waals surface area contributed by atoms with Gasteiger partial charge >= 0.3 is 0 Å². The van der Waals surface area contributed by atoms with E-state index in [4.69, 9.17) is 4.74 Å². The lowest BCUT2D eigenvalue weighted by molar-refractivity contribution is 0.238. The summed E-state index contributed by atoms with van der Waals surface area (Å²) >= 11 is 0. The third kappa shape index (κ3) is 4.47. The van der Waals surface area contributed by atoms with E-state index in [0.29, 0.717) is 0 Å². The summed E-state index contributed by atoms with van der Waals surface area (Å²) in [5.74, 6) is 1.07. The number of hydrogen-bond acceptors (Lipinski definition) is 3. The molecule has 0 aliphatic carbocycles. The second-order valence-corrected chi connectivity index (χ2v) is 6.46. The summed E-state index contributed by atoms with van der Waals surface area (Å²) in [6.07, 6.45) is 3.48. The number of nitrogens with one attached hydrogen (secondary N) is 1. The van der Waals surface area contributed by atoms with E-state index in [9.17, 15) is 0 Å². The molecule has 0 unspecified atom stereocenters. The maximum absolute atomic E-state index is 5.89. The highest BCUT2D eigenvalue weighted by molar-refractivity contribution is 5.48. The van der Waals surface area contributed by atoms with Gasteiger partial charge in [0, 0.05) is 26.2 Å². The van der Waals surface area contributed by atoms with Crippen molar-refractivity contribution < 1.29 is 4.74 Å².